The smallest absolute Gasteiger partial charge is 0.334 e. The number of esters is 1. The Balaban J connectivity index is 1.61. The third kappa shape index (κ3) is 1.84. The number of carbonyl (C=O) groups excluding carboxylic acids is 1. The molecule has 6 nitrogen and oxygen atoms in total. The molecule has 3 aliphatic heterocycles. The average molecular weight is 378 g/mol. The summed E-state index contributed by atoms with van der Waals surface area (Å²) in [6, 6.07) is 0. The average Bonchev–Trinajstić information content (AvgIpc) is 3.27. The number of aliphatic hydroxyl groups is 2. The SMILES string of the molecule is CC(C)[C@]12O[C@H]1CO[C@]1(C)[C@@]3(C)CCC4=C(COC4=O)[C@@H]3CC[C@@]1(O)[C@@H]2O. The summed E-state index contributed by atoms with van der Waals surface area (Å²) in [5, 5.41) is 23.4. The number of fused-ring (bicyclic) bond motifs is 5. The van der Waals surface area contributed by atoms with Gasteiger partial charge >= 0.3 is 5.97 Å². The molecule has 27 heavy (non-hydrogen) atoms. The number of ether oxygens (including phenoxy) is 3. The van der Waals surface area contributed by atoms with E-state index >= 15 is 0 Å². The molecule has 0 aromatic carbocycles. The third-order valence-electron chi connectivity index (χ3n) is 8.90. The van der Waals surface area contributed by atoms with Crippen molar-refractivity contribution >= 4 is 5.97 Å². The summed E-state index contributed by atoms with van der Waals surface area (Å²) in [5.74, 6) is 0.0170. The van der Waals surface area contributed by atoms with Gasteiger partial charge in [-0.3, -0.25) is 0 Å². The van der Waals surface area contributed by atoms with E-state index in [4.69, 9.17) is 14.2 Å². The Hall–Kier alpha value is -0.950. The number of aliphatic hydroxyl groups excluding tert-OH is 1. The monoisotopic (exact) mass is 378 g/mol. The quantitative estimate of drug-likeness (QED) is 0.534. The Kier molecular flexibility index (Phi) is 3.45. The van der Waals surface area contributed by atoms with Crippen LogP contribution in [0.4, 0.5) is 0 Å². The zero-order valence-electron chi connectivity index (χ0n) is 16.6. The Bertz CT molecular complexity index is 745. The fourth-order valence-corrected chi connectivity index (χ4v) is 6.87. The van der Waals surface area contributed by atoms with Crippen LogP contribution in [0.5, 0.6) is 0 Å². The van der Waals surface area contributed by atoms with Gasteiger partial charge in [0, 0.05) is 11.0 Å². The lowest BCUT2D eigenvalue weighted by molar-refractivity contribution is -0.298. The second-order valence-electron chi connectivity index (χ2n) is 9.87. The van der Waals surface area contributed by atoms with E-state index in [1.54, 1.807) is 0 Å². The van der Waals surface area contributed by atoms with Gasteiger partial charge in [-0.05, 0) is 50.0 Å². The van der Waals surface area contributed by atoms with Gasteiger partial charge in [-0.15, -0.1) is 0 Å². The minimum Gasteiger partial charge on any atom is -0.458 e. The van der Waals surface area contributed by atoms with Crippen LogP contribution in [-0.4, -0.2) is 58.4 Å². The van der Waals surface area contributed by atoms with Gasteiger partial charge in [-0.25, -0.2) is 4.79 Å². The van der Waals surface area contributed by atoms with E-state index in [9.17, 15) is 15.0 Å². The highest BCUT2D eigenvalue weighted by atomic mass is 16.7. The Morgan fingerprint density at radius 1 is 1.22 bits per heavy atom. The molecule has 0 spiro atoms. The van der Waals surface area contributed by atoms with Gasteiger partial charge in [0.2, 0.25) is 0 Å². The maximum atomic E-state index is 12.1. The molecule has 3 fully saturated rings. The van der Waals surface area contributed by atoms with Crippen LogP contribution in [0.15, 0.2) is 11.1 Å². The van der Waals surface area contributed by atoms with Gasteiger partial charge in [-0.2, -0.15) is 0 Å². The predicted octanol–water partition coefficient (Wildman–Crippen LogP) is 1.72. The number of hydrogen-bond acceptors (Lipinski definition) is 6. The highest BCUT2D eigenvalue weighted by Gasteiger charge is 2.78. The second-order valence-corrected chi connectivity index (χ2v) is 9.87. The lowest BCUT2D eigenvalue weighted by Gasteiger charge is -2.63. The van der Waals surface area contributed by atoms with E-state index in [-0.39, 0.29) is 29.3 Å². The maximum absolute atomic E-state index is 12.1. The van der Waals surface area contributed by atoms with Crippen molar-refractivity contribution in [2.75, 3.05) is 13.2 Å². The largest absolute Gasteiger partial charge is 0.458 e. The molecular weight excluding hydrogens is 348 g/mol. The first-order valence-corrected chi connectivity index (χ1v) is 10.2. The number of epoxide rings is 1. The molecule has 150 valence electrons. The molecule has 0 bridgehead atoms. The molecule has 5 rings (SSSR count). The zero-order valence-corrected chi connectivity index (χ0v) is 16.6. The summed E-state index contributed by atoms with van der Waals surface area (Å²) in [7, 11) is 0. The van der Waals surface area contributed by atoms with Crippen LogP contribution in [0.25, 0.3) is 0 Å². The van der Waals surface area contributed by atoms with Gasteiger partial charge in [0.15, 0.2) is 0 Å². The molecule has 3 heterocycles. The second kappa shape index (κ2) is 5.15. The summed E-state index contributed by atoms with van der Waals surface area (Å²) in [4.78, 5) is 12.1. The first kappa shape index (κ1) is 18.1. The predicted molar refractivity (Wildman–Crippen MR) is 95.8 cm³/mol. The highest BCUT2D eigenvalue weighted by molar-refractivity contribution is 5.92. The van der Waals surface area contributed by atoms with Crippen LogP contribution in [0.1, 0.15) is 53.4 Å². The lowest BCUT2D eigenvalue weighted by atomic mass is 9.47. The molecule has 2 N–H and O–H groups in total. The van der Waals surface area contributed by atoms with Crippen molar-refractivity contribution < 1.29 is 29.2 Å². The molecular formula is C21H30O6. The number of rotatable bonds is 1. The normalized spacial score (nSPS) is 53.9. The molecule has 1 saturated carbocycles. The third-order valence-corrected chi connectivity index (χ3v) is 8.90. The van der Waals surface area contributed by atoms with Crippen LogP contribution in [-0.2, 0) is 19.0 Å². The van der Waals surface area contributed by atoms with Crippen LogP contribution < -0.4 is 0 Å². The van der Waals surface area contributed by atoms with Gasteiger partial charge in [0.05, 0.1) is 6.61 Å². The van der Waals surface area contributed by atoms with Crippen LogP contribution in [0.3, 0.4) is 0 Å². The molecule has 7 atom stereocenters. The fourth-order valence-electron chi connectivity index (χ4n) is 6.87. The standard InChI is InChI=1S/C21H30O6/c1-11(2)21-15(27-21)10-26-19(4)18(3)7-5-12-13(9-25-16(12)22)14(18)6-8-20(19,24)17(21)23/h11,14-15,17,23-24H,5-10H2,1-4H3/t14-,15-,17-,18-,19+,20+,21-/m0/s1. The van der Waals surface area contributed by atoms with Crippen molar-refractivity contribution in [2.45, 2.75) is 82.4 Å². The molecule has 0 aromatic heterocycles. The zero-order chi connectivity index (χ0) is 19.4. The van der Waals surface area contributed by atoms with Gasteiger partial charge in [0.25, 0.3) is 0 Å². The van der Waals surface area contributed by atoms with Crippen molar-refractivity contribution in [2.24, 2.45) is 17.3 Å². The first-order valence-electron chi connectivity index (χ1n) is 10.2. The maximum Gasteiger partial charge on any atom is 0.334 e. The van der Waals surface area contributed by atoms with Gasteiger partial charge < -0.3 is 24.4 Å². The molecule has 0 radical (unpaired) electrons. The van der Waals surface area contributed by atoms with Gasteiger partial charge in [-0.1, -0.05) is 20.8 Å². The summed E-state index contributed by atoms with van der Waals surface area (Å²) in [6.07, 6.45) is 1.31. The van der Waals surface area contributed by atoms with E-state index in [1.807, 2.05) is 20.8 Å². The topological polar surface area (TPSA) is 88.5 Å². The molecule has 0 aromatic rings. The van der Waals surface area contributed by atoms with Crippen LogP contribution >= 0.6 is 0 Å². The van der Waals surface area contributed by atoms with Crippen molar-refractivity contribution in [1.82, 2.24) is 0 Å². The van der Waals surface area contributed by atoms with Gasteiger partial charge in [0.1, 0.15) is 35.6 Å². The highest BCUT2D eigenvalue weighted by Crippen LogP contribution is 2.66. The van der Waals surface area contributed by atoms with Crippen LogP contribution in [0, 0.1) is 17.3 Å². The van der Waals surface area contributed by atoms with Crippen molar-refractivity contribution in [3.63, 3.8) is 0 Å². The molecule has 2 aliphatic carbocycles. The first-order chi connectivity index (χ1) is 12.6. The summed E-state index contributed by atoms with van der Waals surface area (Å²) >= 11 is 0. The lowest BCUT2D eigenvalue weighted by Crippen LogP contribution is -2.74. The van der Waals surface area contributed by atoms with Crippen molar-refractivity contribution in [3.8, 4) is 0 Å². The number of carbonyl (C=O) groups is 1. The van der Waals surface area contributed by atoms with E-state index in [0.29, 0.717) is 32.5 Å². The van der Waals surface area contributed by atoms with Crippen molar-refractivity contribution in [3.05, 3.63) is 11.1 Å². The number of hydrogen-bond donors (Lipinski definition) is 2. The molecule has 2 saturated heterocycles. The Morgan fingerprint density at radius 3 is 2.67 bits per heavy atom. The molecule has 5 aliphatic rings. The van der Waals surface area contributed by atoms with E-state index in [0.717, 1.165) is 17.6 Å². The Morgan fingerprint density at radius 2 is 1.96 bits per heavy atom. The van der Waals surface area contributed by atoms with E-state index < -0.39 is 22.9 Å². The minimum absolute atomic E-state index is 0.0829. The minimum atomic E-state index is -1.39. The molecule has 0 amide bonds. The summed E-state index contributed by atoms with van der Waals surface area (Å²) in [6.45, 7) is 8.90. The van der Waals surface area contributed by atoms with E-state index in [2.05, 4.69) is 6.92 Å². The summed E-state index contributed by atoms with van der Waals surface area (Å²) < 4.78 is 17.7. The Labute approximate surface area is 159 Å². The van der Waals surface area contributed by atoms with Crippen LogP contribution in [0.2, 0.25) is 0 Å². The van der Waals surface area contributed by atoms with Crippen molar-refractivity contribution in [1.29, 1.82) is 0 Å². The molecule has 0 unspecified atom stereocenters. The van der Waals surface area contributed by atoms with E-state index in [1.165, 1.54) is 0 Å². The fraction of sp³-hybridized carbons (Fsp3) is 0.857. The number of cyclic esters (lactones) is 1. The molecule has 6 heteroatoms. The summed E-state index contributed by atoms with van der Waals surface area (Å²) in [5.41, 5.74) is -1.53.